The minimum Gasteiger partial charge on any atom is -0.390 e. The number of nitrogens with zero attached hydrogens (tertiary/aromatic N) is 3. The quantitative estimate of drug-likeness (QED) is 0.670. The second-order valence-electron chi connectivity index (χ2n) is 5.42. The Bertz CT molecular complexity index is 845. The van der Waals surface area contributed by atoms with Crippen LogP contribution in [-0.4, -0.2) is 19.9 Å². The van der Waals surface area contributed by atoms with Gasteiger partial charge in [-0.1, -0.05) is 0 Å². The number of rotatable bonds is 5. The number of nitrogens with one attached hydrogen (secondary N) is 1. The highest BCUT2D eigenvalue weighted by Gasteiger charge is 2.09. The van der Waals surface area contributed by atoms with E-state index in [1.807, 2.05) is 19.1 Å². The van der Waals surface area contributed by atoms with E-state index in [1.54, 1.807) is 23.0 Å². The van der Waals surface area contributed by atoms with Gasteiger partial charge in [0.05, 0.1) is 12.3 Å². The van der Waals surface area contributed by atoms with Gasteiger partial charge < -0.3 is 16.2 Å². The topological polar surface area (TPSA) is 89.0 Å². The van der Waals surface area contributed by atoms with E-state index in [4.69, 9.17) is 5.73 Å². The van der Waals surface area contributed by atoms with Crippen molar-refractivity contribution in [2.75, 3.05) is 5.32 Å². The molecule has 24 heavy (non-hydrogen) atoms. The van der Waals surface area contributed by atoms with Gasteiger partial charge in [0.15, 0.2) is 5.82 Å². The summed E-state index contributed by atoms with van der Waals surface area (Å²) in [5, 5.41) is 16.7. The molecular weight excluding hydrogens is 309 g/mol. The van der Waals surface area contributed by atoms with Crippen LogP contribution in [0.15, 0.2) is 42.6 Å². The van der Waals surface area contributed by atoms with Gasteiger partial charge in [0.2, 0.25) is 0 Å². The van der Waals surface area contributed by atoms with Crippen LogP contribution in [-0.2, 0) is 13.2 Å². The van der Waals surface area contributed by atoms with E-state index < -0.39 is 0 Å². The maximum Gasteiger partial charge on any atom is 0.156 e. The highest BCUT2D eigenvalue weighted by Crippen LogP contribution is 2.19. The highest BCUT2D eigenvalue weighted by molar-refractivity contribution is 5.57. The van der Waals surface area contributed by atoms with Crippen LogP contribution in [0, 0.1) is 12.7 Å². The first-order chi connectivity index (χ1) is 11.6. The summed E-state index contributed by atoms with van der Waals surface area (Å²) in [4.78, 5) is 4.52. The number of benzene rings is 1. The number of nitrogens with two attached hydrogens (primary N) is 1. The number of pyridine rings is 1. The largest absolute Gasteiger partial charge is 0.390 e. The van der Waals surface area contributed by atoms with Crippen LogP contribution in [0.25, 0.3) is 5.82 Å². The van der Waals surface area contributed by atoms with Crippen LogP contribution in [0.5, 0.6) is 0 Å². The van der Waals surface area contributed by atoms with Crippen LogP contribution < -0.4 is 11.1 Å². The van der Waals surface area contributed by atoms with Gasteiger partial charge in [-0.25, -0.2) is 14.1 Å². The van der Waals surface area contributed by atoms with Gasteiger partial charge in [0.25, 0.3) is 0 Å². The fourth-order valence-electron chi connectivity index (χ4n) is 2.32. The molecule has 2 heterocycles. The zero-order valence-corrected chi connectivity index (χ0v) is 13.2. The number of hydrogen-bond acceptors (Lipinski definition) is 5. The van der Waals surface area contributed by atoms with Crippen molar-refractivity contribution in [2.24, 2.45) is 5.73 Å². The first-order valence-corrected chi connectivity index (χ1v) is 7.49. The predicted molar refractivity (Wildman–Crippen MR) is 89.6 cm³/mol. The lowest BCUT2D eigenvalue weighted by Gasteiger charge is -2.10. The number of hydrogen-bond donors (Lipinski definition) is 3. The molecule has 0 aliphatic heterocycles. The van der Waals surface area contributed by atoms with Gasteiger partial charge in [-0.05, 0) is 54.4 Å². The Morgan fingerprint density at radius 3 is 2.62 bits per heavy atom. The lowest BCUT2D eigenvalue weighted by molar-refractivity contribution is 0.275. The van der Waals surface area contributed by atoms with Crippen LogP contribution in [0.3, 0.4) is 0 Å². The third-order valence-electron chi connectivity index (χ3n) is 3.61. The molecule has 0 aliphatic rings. The van der Waals surface area contributed by atoms with E-state index in [0.717, 1.165) is 16.8 Å². The van der Waals surface area contributed by atoms with Crippen molar-refractivity contribution < 1.29 is 9.50 Å². The van der Waals surface area contributed by atoms with E-state index in [1.165, 1.54) is 12.1 Å². The second kappa shape index (κ2) is 6.77. The van der Waals surface area contributed by atoms with Crippen LogP contribution in [0.2, 0.25) is 0 Å². The third-order valence-corrected chi connectivity index (χ3v) is 3.61. The Morgan fingerprint density at radius 1 is 1.25 bits per heavy atom. The summed E-state index contributed by atoms with van der Waals surface area (Å²) >= 11 is 0. The molecule has 0 fully saturated rings. The zero-order valence-electron chi connectivity index (χ0n) is 13.2. The Labute approximate surface area is 138 Å². The number of aryl methyl sites for hydroxylation is 1. The molecule has 6 nitrogen and oxygen atoms in total. The van der Waals surface area contributed by atoms with Crippen LogP contribution in [0.4, 0.5) is 15.9 Å². The third kappa shape index (κ3) is 3.42. The fourth-order valence-corrected chi connectivity index (χ4v) is 2.32. The first-order valence-electron chi connectivity index (χ1n) is 7.49. The molecule has 0 unspecified atom stereocenters. The molecule has 0 saturated carbocycles. The summed E-state index contributed by atoms with van der Waals surface area (Å²) in [5.41, 5.74) is 8.84. The van der Waals surface area contributed by atoms with Crippen molar-refractivity contribution in [1.29, 1.82) is 0 Å². The second-order valence-corrected chi connectivity index (χ2v) is 5.42. The number of aliphatic hydroxyl groups is 1. The number of anilines is 2. The van der Waals surface area contributed by atoms with Gasteiger partial charge in [-0.3, -0.25) is 0 Å². The lowest BCUT2D eigenvalue weighted by Crippen LogP contribution is -2.06. The van der Waals surface area contributed by atoms with Crippen molar-refractivity contribution in [3.8, 4) is 5.82 Å². The molecule has 0 atom stereocenters. The normalized spacial score (nSPS) is 10.8. The van der Waals surface area contributed by atoms with Gasteiger partial charge in [-0.15, -0.1) is 0 Å². The van der Waals surface area contributed by atoms with Crippen molar-refractivity contribution in [3.05, 3.63) is 65.2 Å². The minimum atomic E-state index is -0.298. The average molecular weight is 327 g/mol. The SMILES string of the molecule is Cc1cn(-c2cc(CN)cc(Nc3ccc(F)cc3)n2)nc1CO. The van der Waals surface area contributed by atoms with Gasteiger partial charge in [-0.2, -0.15) is 5.10 Å². The summed E-state index contributed by atoms with van der Waals surface area (Å²) in [6.07, 6.45) is 1.80. The molecule has 4 N–H and O–H groups in total. The number of aromatic nitrogens is 3. The Kier molecular flexibility index (Phi) is 4.54. The molecule has 0 aliphatic carbocycles. The van der Waals surface area contributed by atoms with E-state index in [2.05, 4.69) is 15.4 Å². The predicted octanol–water partition coefficient (Wildman–Crippen LogP) is 2.41. The molecule has 0 radical (unpaired) electrons. The molecule has 0 amide bonds. The monoisotopic (exact) mass is 327 g/mol. The Hall–Kier alpha value is -2.77. The van der Waals surface area contributed by atoms with Gasteiger partial charge in [0, 0.05) is 18.4 Å². The summed E-state index contributed by atoms with van der Waals surface area (Å²) < 4.78 is 14.6. The maximum absolute atomic E-state index is 13.0. The number of halogens is 1. The Balaban J connectivity index is 1.96. The highest BCUT2D eigenvalue weighted by atomic mass is 19.1. The molecule has 7 heteroatoms. The number of aliphatic hydroxyl groups excluding tert-OH is 1. The van der Waals surface area contributed by atoms with Gasteiger partial charge >= 0.3 is 0 Å². The van der Waals surface area contributed by atoms with Crippen molar-refractivity contribution >= 4 is 11.5 Å². The van der Waals surface area contributed by atoms with Crippen LogP contribution in [0.1, 0.15) is 16.8 Å². The van der Waals surface area contributed by atoms with Crippen LogP contribution >= 0.6 is 0 Å². The smallest absolute Gasteiger partial charge is 0.156 e. The average Bonchev–Trinajstić information content (AvgIpc) is 2.97. The summed E-state index contributed by atoms with van der Waals surface area (Å²) in [6, 6.07) is 9.68. The molecule has 0 spiro atoms. The first kappa shape index (κ1) is 16.1. The van der Waals surface area contributed by atoms with E-state index in [9.17, 15) is 9.50 Å². The molecule has 0 saturated heterocycles. The molecule has 3 aromatic rings. The molecule has 124 valence electrons. The fraction of sp³-hybridized carbons (Fsp3) is 0.176. The maximum atomic E-state index is 13.0. The molecule has 3 rings (SSSR count). The molecular formula is C17H18FN5O. The van der Waals surface area contributed by atoms with E-state index >= 15 is 0 Å². The van der Waals surface area contributed by atoms with E-state index in [0.29, 0.717) is 23.9 Å². The Morgan fingerprint density at radius 2 is 2.00 bits per heavy atom. The molecule has 0 bridgehead atoms. The standard InChI is InChI=1S/C17H18FN5O/c1-11-9-23(22-15(11)10-24)17-7-12(8-19)6-16(21-17)20-14-4-2-13(18)3-5-14/h2-7,9,24H,8,10,19H2,1H3,(H,20,21). The van der Waals surface area contributed by atoms with Gasteiger partial charge in [0.1, 0.15) is 11.6 Å². The minimum absolute atomic E-state index is 0.129. The summed E-state index contributed by atoms with van der Waals surface area (Å²) in [7, 11) is 0. The van der Waals surface area contributed by atoms with Crippen molar-refractivity contribution in [2.45, 2.75) is 20.1 Å². The molecule has 1 aromatic carbocycles. The van der Waals surface area contributed by atoms with Crippen molar-refractivity contribution in [3.63, 3.8) is 0 Å². The van der Waals surface area contributed by atoms with Crippen molar-refractivity contribution in [1.82, 2.24) is 14.8 Å². The molecule has 2 aromatic heterocycles. The lowest BCUT2D eigenvalue weighted by atomic mass is 10.2. The zero-order chi connectivity index (χ0) is 17.1. The summed E-state index contributed by atoms with van der Waals surface area (Å²) in [6.45, 7) is 2.09. The van der Waals surface area contributed by atoms with E-state index in [-0.39, 0.29) is 12.4 Å². The summed E-state index contributed by atoms with van der Waals surface area (Å²) in [5.74, 6) is 0.872.